The fourth-order valence-electron chi connectivity index (χ4n) is 2.04. The molecule has 0 aromatic heterocycles. The van der Waals surface area contributed by atoms with Crippen LogP contribution in [0.5, 0.6) is 0 Å². The summed E-state index contributed by atoms with van der Waals surface area (Å²) in [5, 5.41) is 0. The van der Waals surface area contributed by atoms with Crippen molar-refractivity contribution in [1.29, 1.82) is 0 Å². The molecule has 0 radical (unpaired) electrons. The third kappa shape index (κ3) is 11.6. The molecule has 1 atom stereocenters. The van der Waals surface area contributed by atoms with Crippen LogP contribution >= 0.6 is 0 Å². The van der Waals surface area contributed by atoms with Gasteiger partial charge >= 0.3 is 0 Å². The molecule has 0 bridgehead atoms. The molecule has 0 spiro atoms. The maximum atomic E-state index is 10.9. The van der Waals surface area contributed by atoms with Crippen LogP contribution in [0.1, 0.15) is 78.6 Å². The first-order valence-electron chi connectivity index (χ1n) is 6.66. The molecular formula is C14H28O. The molecule has 0 aromatic rings. The van der Waals surface area contributed by atoms with Crippen LogP contribution in [-0.4, -0.2) is 5.78 Å². The highest BCUT2D eigenvalue weighted by molar-refractivity contribution is 5.75. The Morgan fingerprint density at radius 2 is 1.53 bits per heavy atom. The van der Waals surface area contributed by atoms with Crippen LogP contribution in [0.3, 0.4) is 0 Å². The first-order valence-corrected chi connectivity index (χ1v) is 6.66. The zero-order chi connectivity index (χ0) is 11.5. The number of unbranched alkanes of at least 4 members (excludes halogenated alkanes) is 6. The van der Waals surface area contributed by atoms with Gasteiger partial charge in [0, 0.05) is 6.42 Å². The number of ketones is 1. The molecule has 0 aliphatic heterocycles. The van der Waals surface area contributed by atoms with Gasteiger partial charge in [-0.15, -0.1) is 0 Å². The zero-order valence-electron chi connectivity index (χ0n) is 10.8. The highest BCUT2D eigenvalue weighted by Gasteiger charge is 2.04. The van der Waals surface area contributed by atoms with E-state index in [0.29, 0.717) is 11.7 Å². The summed E-state index contributed by atoms with van der Waals surface area (Å²) in [5.41, 5.74) is 0. The molecule has 0 rings (SSSR count). The van der Waals surface area contributed by atoms with E-state index < -0.39 is 0 Å². The van der Waals surface area contributed by atoms with Crippen molar-refractivity contribution in [3.63, 3.8) is 0 Å². The van der Waals surface area contributed by atoms with E-state index in [2.05, 4.69) is 13.8 Å². The van der Waals surface area contributed by atoms with Crippen molar-refractivity contribution in [2.24, 2.45) is 5.92 Å². The number of rotatable bonds is 10. The van der Waals surface area contributed by atoms with Crippen molar-refractivity contribution < 1.29 is 4.79 Å². The predicted octanol–water partition coefficient (Wildman–Crippen LogP) is 4.74. The Kier molecular flexibility index (Phi) is 9.97. The molecule has 0 saturated carbocycles. The highest BCUT2D eigenvalue weighted by atomic mass is 16.1. The molecule has 90 valence electrons. The quantitative estimate of drug-likeness (QED) is 0.478. The second kappa shape index (κ2) is 10.2. The smallest absolute Gasteiger partial charge is 0.130 e. The molecule has 1 nitrogen and oxygen atoms in total. The van der Waals surface area contributed by atoms with Gasteiger partial charge in [0.15, 0.2) is 0 Å². The highest BCUT2D eigenvalue weighted by Crippen LogP contribution is 2.15. The average molecular weight is 212 g/mol. The van der Waals surface area contributed by atoms with Gasteiger partial charge in [-0.1, -0.05) is 65.2 Å². The third-order valence-electron chi connectivity index (χ3n) is 2.94. The van der Waals surface area contributed by atoms with Crippen LogP contribution in [0, 0.1) is 5.92 Å². The second-order valence-corrected chi connectivity index (χ2v) is 4.92. The number of carbonyl (C=O) groups is 1. The van der Waals surface area contributed by atoms with E-state index in [9.17, 15) is 4.79 Å². The van der Waals surface area contributed by atoms with Gasteiger partial charge in [0.25, 0.3) is 0 Å². The molecule has 0 fully saturated rings. The summed E-state index contributed by atoms with van der Waals surface area (Å²) in [6, 6.07) is 0. The summed E-state index contributed by atoms with van der Waals surface area (Å²) in [7, 11) is 0. The maximum Gasteiger partial charge on any atom is 0.130 e. The van der Waals surface area contributed by atoms with Gasteiger partial charge < -0.3 is 4.79 Å². The first-order chi connectivity index (χ1) is 7.16. The standard InChI is InChI=1S/C14H28O/c1-4-5-6-7-8-9-10-11-13(2)12-14(3)15/h13H,4-12H2,1-3H3. The van der Waals surface area contributed by atoms with Crippen LogP contribution in [-0.2, 0) is 4.79 Å². The van der Waals surface area contributed by atoms with E-state index in [-0.39, 0.29) is 0 Å². The van der Waals surface area contributed by atoms with Gasteiger partial charge in [0.05, 0.1) is 0 Å². The second-order valence-electron chi connectivity index (χ2n) is 4.92. The Labute approximate surface area is 95.6 Å². The van der Waals surface area contributed by atoms with Crippen LogP contribution in [0.4, 0.5) is 0 Å². The van der Waals surface area contributed by atoms with Crippen molar-refractivity contribution >= 4 is 5.78 Å². The maximum absolute atomic E-state index is 10.9. The van der Waals surface area contributed by atoms with Crippen LogP contribution < -0.4 is 0 Å². The van der Waals surface area contributed by atoms with Crippen molar-refractivity contribution in [2.45, 2.75) is 78.6 Å². The van der Waals surface area contributed by atoms with Crippen molar-refractivity contribution in [3.8, 4) is 0 Å². The minimum atomic E-state index is 0.338. The van der Waals surface area contributed by atoms with Crippen LogP contribution in [0.2, 0.25) is 0 Å². The molecule has 1 heteroatoms. The monoisotopic (exact) mass is 212 g/mol. The minimum absolute atomic E-state index is 0.338. The molecule has 0 aromatic carbocycles. The number of Topliss-reactive ketones (excluding diaryl/α,β-unsaturated/α-hetero) is 1. The Balaban J connectivity index is 3.13. The Morgan fingerprint density at radius 3 is 2.07 bits per heavy atom. The fourth-order valence-corrected chi connectivity index (χ4v) is 2.04. The number of hydrogen-bond acceptors (Lipinski definition) is 1. The Hall–Kier alpha value is -0.330. The van der Waals surface area contributed by atoms with E-state index >= 15 is 0 Å². The molecule has 0 aliphatic carbocycles. The molecule has 1 unspecified atom stereocenters. The van der Waals surface area contributed by atoms with Crippen molar-refractivity contribution in [1.82, 2.24) is 0 Å². The summed E-state index contributed by atoms with van der Waals surface area (Å²) < 4.78 is 0. The normalized spacial score (nSPS) is 12.7. The van der Waals surface area contributed by atoms with E-state index in [1.54, 1.807) is 6.92 Å². The SMILES string of the molecule is CCCCCCCCCC(C)CC(C)=O. The third-order valence-corrected chi connectivity index (χ3v) is 2.94. The van der Waals surface area contributed by atoms with Crippen LogP contribution in [0.25, 0.3) is 0 Å². The van der Waals surface area contributed by atoms with Gasteiger partial charge in [-0.3, -0.25) is 0 Å². The largest absolute Gasteiger partial charge is 0.300 e. The molecule has 0 heterocycles. The summed E-state index contributed by atoms with van der Waals surface area (Å²) in [5.74, 6) is 0.934. The van der Waals surface area contributed by atoms with Gasteiger partial charge in [0.1, 0.15) is 5.78 Å². The lowest BCUT2D eigenvalue weighted by Crippen LogP contribution is -2.01. The lowest BCUT2D eigenvalue weighted by molar-refractivity contribution is -0.117. The van der Waals surface area contributed by atoms with Gasteiger partial charge in [0.2, 0.25) is 0 Å². The first kappa shape index (κ1) is 14.7. The van der Waals surface area contributed by atoms with Gasteiger partial charge in [-0.25, -0.2) is 0 Å². The topological polar surface area (TPSA) is 17.1 Å². The molecule has 15 heavy (non-hydrogen) atoms. The van der Waals surface area contributed by atoms with Gasteiger partial charge in [-0.05, 0) is 12.8 Å². The average Bonchev–Trinajstić information content (AvgIpc) is 2.15. The molecule has 0 amide bonds. The van der Waals surface area contributed by atoms with Crippen molar-refractivity contribution in [2.75, 3.05) is 0 Å². The van der Waals surface area contributed by atoms with Crippen molar-refractivity contribution in [3.05, 3.63) is 0 Å². The fraction of sp³-hybridized carbons (Fsp3) is 0.929. The summed E-state index contributed by atoms with van der Waals surface area (Å²) in [6.07, 6.45) is 11.6. The lowest BCUT2D eigenvalue weighted by atomic mass is 9.97. The van der Waals surface area contributed by atoms with E-state index in [1.165, 1.54) is 51.4 Å². The summed E-state index contributed by atoms with van der Waals surface area (Å²) in [6.45, 7) is 6.14. The van der Waals surface area contributed by atoms with Crippen LogP contribution in [0.15, 0.2) is 0 Å². The Bertz CT molecular complexity index is 151. The van der Waals surface area contributed by atoms with Gasteiger partial charge in [-0.2, -0.15) is 0 Å². The number of hydrogen-bond donors (Lipinski definition) is 0. The van der Waals surface area contributed by atoms with E-state index in [4.69, 9.17) is 0 Å². The molecule has 0 N–H and O–H groups in total. The predicted molar refractivity (Wildman–Crippen MR) is 67.1 cm³/mol. The number of carbonyl (C=O) groups excluding carboxylic acids is 1. The minimum Gasteiger partial charge on any atom is -0.300 e. The van der Waals surface area contributed by atoms with E-state index in [0.717, 1.165) is 6.42 Å². The zero-order valence-corrected chi connectivity index (χ0v) is 10.8. The molecular weight excluding hydrogens is 184 g/mol. The Morgan fingerprint density at radius 1 is 1.00 bits per heavy atom. The molecule has 0 saturated heterocycles. The summed E-state index contributed by atoms with van der Waals surface area (Å²) >= 11 is 0. The lowest BCUT2D eigenvalue weighted by Gasteiger charge is -2.08. The summed E-state index contributed by atoms with van der Waals surface area (Å²) in [4.78, 5) is 10.9. The van der Waals surface area contributed by atoms with E-state index in [1.807, 2.05) is 0 Å². The molecule has 0 aliphatic rings.